The highest BCUT2D eigenvalue weighted by molar-refractivity contribution is 9.10. The molecule has 1 fully saturated rings. The number of imidazole rings is 1. The SMILES string of the molecule is O=C(O)N[C@H]1CCC[C@@H]1c1nc2cc(Br)ccc2[nH]1. The van der Waals surface area contributed by atoms with Crippen LogP contribution in [0.5, 0.6) is 0 Å². The van der Waals surface area contributed by atoms with Crippen molar-refractivity contribution in [2.45, 2.75) is 31.2 Å². The number of nitrogens with one attached hydrogen (secondary N) is 2. The second-order valence-corrected chi connectivity index (χ2v) is 5.79. The van der Waals surface area contributed by atoms with Gasteiger partial charge in [-0.3, -0.25) is 0 Å². The predicted molar refractivity (Wildman–Crippen MR) is 75.3 cm³/mol. The van der Waals surface area contributed by atoms with Crippen LogP contribution in [-0.4, -0.2) is 27.2 Å². The molecule has 1 amide bonds. The lowest BCUT2D eigenvalue weighted by Crippen LogP contribution is -2.35. The second kappa shape index (κ2) is 4.85. The molecule has 3 N–H and O–H groups in total. The molecular formula is C13H14BrN3O2. The van der Waals surface area contributed by atoms with Crippen LogP contribution in [-0.2, 0) is 0 Å². The number of hydrogen-bond acceptors (Lipinski definition) is 2. The van der Waals surface area contributed by atoms with E-state index in [1.165, 1.54) is 0 Å². The first-order valence-corrected chi connectivity index (χ1v) is 7.07. The molecule has 3 rings (SSSR count). The van der Waals surface area contributed by atoms with Crippen LogP contribution in [0.4, 0.5) is 4.79 Å². The lowest BCUT2D eigenvalue weighted by atomic mass is 10.0. The lowest BCUT2D eigenvalue weighted by Gasteiger charge is -2.17. The number of rotatable bonds is 2. The Bertz CT molecular complexity index is 625. The molecule has 1 aromatic carbocycles. The summed E-state index contributed by atoms with van der Waals surface area (Å²) in [5.74, 6) is 1.02. The van der Waals surface area contributed by atoms with Gasteiger partial charge in [-0.15, -0.1) is 0 Å². The maximum absolute atomic E-state index is 10.8. The van der Waals surface area contributed by atoms with Crippen molar-refractivity contribution in [3.8, 4) is 0 Å². The molecular weight excluding hydrogens is 310 g/mol. The molecule has 1 aromatic heterocycles. The highest BCUT2D eigenvalue weighted by Gasteiger charge is 2.31. The van der Waals surface area contributed by atoms with E-state index in [1.54, 1.807) is 0 Å². The minimum atomic E-state index is -0.962. The van der Waals surface area contributed by atoms with Crippen LogP contribution in [0.25, 0.3) is 11.0 Å². The molecule has 0 spiro atoms. The number of nitrogens with zero attached hydrogens (tertiary/aromatic N) is 1. The molecule has 1 saturated carbocycles. The smallest absolute Gasteiger partial charge is 0.404 e. The Morgan fingerprint density at radius 2 is 2.32 bits per heavy atom. The molecule has 0 saturated heterocycles. The summed E-state index contributed by atoms with van der Waals surface area (Å²) in [6.07, 6.45) is 1.90. The Hall–Kier alpha value is -1.56. The highest BCUT2D eigenvalue weighted by Crippen LogP contribution is 2.34. The number of hydrogen-bond donors (Lipinski definition) is 3. The fourth-order valence-corrected chi connectivity index (χ4v) is 3.14. The van der Waals surface area contributed by atoms with Crippen molar-refractivity contribution in [3.05, 3.63) is 28.5 Å². The van der Waals surface area contributed by atoms with Crippen LogP contribution in [0.1, 0.15) is 31.0 Å². The first-order chi connectivity index (χ1) is 9.13. The van der Waals surface area contributed by atoms with E-state index >= 15 is 0 Å². The van der Waals surface area contributed by atoms with Crippen molar-refractivity contribution < 1.29 is 9.90 Å². The maximum Gasteiger partial charge on any atom is 0.404 e. The first-order valence-electron chi connectivity index (χ1n) is 6.28. The standard InChI is InChI=1S/C13H14BrN3O2/c14-7-4-5-10-11(6-7)16-12(15-10)8-2-1-3-9(8)17-13(18)19/h4-6,8-9,17H,1-3H2,(H,15,16)(H,18,19)/t8-,9-/m0/s1. The lowest BCUT2D eigenvalue weighted by molar-refractivity contribution is 0.188. The molecule has 1 aliphatic rings. The van der Waals surface area contributed by atoms with Crippen molar-refractivity contribution in [2.24, 2.45) is 0 Å². The minimum Gasteiger partial charge on any atom is -0.465 e. The van der Waals surface area contributed by atoms with Gasteiger partial charge in [-0.1, -0.05) is 22.4 Å². The third-order valence-corrected chi connectivity index (χ3v) is 4.13. The average molecular weight is 324 g/mol. The summed E-state index contributed by atoms with van der Waals surface area (Å²) in [4.78, 5) is 18.7. The van der Waals surface area contributed by atoms with Gasteiger partial charge in [0.05, 0.1) is 11.0 Å². The molecule has 19 heavy (non-hydrogen) atoms. The van der Waals surface area contributed by atoms with Gasteiger partial charge >= 0.3 is 6.09 Å². The zero-order valence-electron chi connectivity index (χ0n) is 10.2. The second-order valence-electron chi connectivity index (χ2n) is 4.88. The van der Waals surface area contributed by atoms with E-state index in [1.807, 2.05) is 18.2 Å². The largest absolute Gasteiger partial charge is 0.465 e. The van der Waals surface area contributed by atoms with Gasteiger partial charge in [0.1, 0.15) is 5.82 Å². The van der Waals surface area contributed by atoms with Gasteiger partial charge in [0.25, 0.3) is 0 Å². The molecule has 2 atom stereocenters. The van der Waals surface area contributed by atoms with Gasteiger partial charge in [0, 0.05) is 16.4 Å². The van der Waals surface area contributed by atoms with Crippen molar-refractivity contribution in [1.82, 2.24) is 15.3 Å². The highest BCUT2D eigenvalue weighted by atomic mass is 79.9. The number of benzene rings is 1. The van der Waals surface area contributed by atoms with Gasteiger partial charge in [-0.2, -0.15) is 0 Å². The van der Waals surface area contributed by atoms with Gasteiger partial charge in [-0.25, -0.2) is 9.78 Å². The molecule has 5 nitrogen and oxygen atoms in total. The fourth-order valence-electron chi connectivity index (χ4n) is 2.79. The summed E-state index contributed by atoms with van der Waals surface area (Å²) in [7, 11) is 0. The molecule has 0 bridgehead atoms. The average Bonchev–Trinajstić information content (AvgIpc) is 2.93. The van der Waals surface area contributed by atoms with E-state index in [2.05, 4.69) is 31.2 Å². The normalized spacial score (nSPS) is 22.8. The summed E-state index contributed by atoms with van der Waals surface area (Å²) in [6, 6.07) is 5.86. The van der Waals surface area contributed by atoms with Crippen LogP contribution >= 0.6 is 15.9 Å². The Morgan fingerprint density at radius 3 is 3.11 bits per heavy atom. The number of fused-ring (bicyclic) bond motifs is 1. The Kier molecular flexibility index (Phi) is 3.18. The van der Waals surface area contributed by atoms with Crippen molar-refractivity contribution in [3.63, 3.8) is 0 Å². The summed E-state index contributed by atoms with van der Waals surface area (Å²) in [5, 5.41) is 11.5. The molecule has 1 heterocycles. The van der Waals surface area contributed by atoms with Crippen LogP contribution in [0.15, 0.2) is 22.7 Å². The third-order valence-electron chi connectivity index (χ3n) is 3.64. The zero-order valence-corrected chi connectivity index (χ0v) is 11.8. The van der Waals surface area contributed by atoms with E-state index in [0.717, 1.165) is 40.6 Å². The molecule has 6 heteroatoms. The number of H-pyrrole nitrogens is 1. The topological polar surface area (TPSA) is 78.0 Å². The summed E-state index contributed by atoms with van der Waals surface area (Å²) < 4.78 is 0.990. The molecule has 2 aromatic rings. The zero-order chi connectivity index (χ0) is 13.4. The number of aromatic nitrogens is 2. The summed E-state index contributed by atoms with van der Waals surface area (Å²) in [5.41, 5.74) is 1.89. The third kappa shape index (κ3) is 2.45. The number of carboxylic acid groups (broad SMARTS) is 1. The molecule has 0 radical (unpaired) electrons. The summed E-state index contributed by atoms with van der Waals surface area (Å²) >= 11 is 3.43. The van der Waals surface area contributed by atoms with E-state index in [-0.39, 0.29) is 12.0 Å². The minimum absolute atomic E-state index is 0.0403. The number of halogens is 1. The number of aromatic amines is 1. The van der Waals surface area contributed by atoms with Crippen LogP contribution in [0.3, 0.4) is 0 Å². The maximum atomic E-state index is 10.8. The monoisotopic (exact) mass is 323 g/mol. The molecule has 0 aliphatic heterocycles. The first kappa shape index (κ1) is 12.5. The van der Waals surface area contributed by atoms with Crippen LogP contribution in [0, 0.1) is 0 Å². The van der Waals surface area contributed by atoms with Crippen molar-refractivity contribution in [2.75, 3.05) is 0 Å². The molecule has 1 aliphatic carbocycles. The predicted octanol–water partition coefficient (Wildman–Crippen LogP) is 3.23. The van der Waals surface area contributed by atoms with Gasteiger partial charge in [-0.05, 0) is 31.0 Å². The summed E-state index contributed by atoms with van der Waals surface area (Å²) in [6.45, 7) is 0. The van der Waals surface area contributed by atoms with E-state index in [4.69, 9.17) is 5.11 Å². The van der Waals surface area contributed by atoms with E-state index in [9.17, 15) is 4.79 Å². The van der Waals surface area contributed by atoms with E-state index < -0.39 is 6.09 Å². The van der Waals surface area contributed by atoms with Crippen LogP contribution in [0.2, 0.25) is 0 Å². The number of carbonyl (C=O) groups is 1. The van der Waals surface area contributed by atoms with Crippen LogP contribution < -0.4 is 5.32 Å². The Morgan fingerprint density at radius 1 is 1.47 bits per heavy atom. The molecule has 0 unspecified atom stereocenters. The quantitative estimate of drug-likeness (QED) is 0.794. The number of amides is 1. The van der Waals surface area contributed by atoms with E-state index in [0.29, 0.717) is 0 Å². The molecule has 100 valence electrons. The van der Waals surface area contributed by atoms with Crippen molar-refractivity contribution >= 4 is 33.1 Å². The van der Waals surface area contributed by atoms with Crippen molar-refractivity contribution in [1.29, 1.82) is 0 Å². The van der Waals surface area contributed by atoms with Gasteiger partial charge < -0.3 is 15.4 Å². The van der Waals surface area contributed by atoms with Gasteiger partial charge in [0.2, 0.25) is 0 Å². The van der Waals surface area contributed by atoms with Gasteiger partial charge in [0.15, 0.2) is 0 Å². The Labute approximate surface area is 118 Å². The fraction of sp³-hybridized carbons (Fsp3) is 0.385. The Balaban J connectivity index is 1.92.